The number of imide groups is 1. The summed E-state index contributed by atoms with van der Waals surface area (Å²) in [5, 5.41) is 2.85. The minimum atomic E-state index is -0.463. The van der Waals surface area contributed by atoms with E-state index in [-0.39, 0.29) is 30.2 Å². The summed E-state index contributed by atoms with van der Waals surface area (Å²) in [6, 6.07) is 5.93. The number of rotatable bonds is 5. The highest BCUT2D eigenvalue weighted by molar-refractivity contribution is 6.21. The van der Waals surface area contributed by atoms with Gasteiger partial charge < -0.3 is 15.0 Å². The molecule has 2 fully saturated rings. The molecule has 0 saturated carbocycles. The summed E-state index contributed by atoms with van der Waals surface area (Å²) in [6.45, 7) is 3.79. The van der Waals surface area contributed by atoms with Gasteiger partial charge in [0.15, 0.2) is 6.04 Å². The van der Waals surface area contributed by atoms with Gasteiger partial charge in [-0.15, -0.1) is 0 Å². The summed E-state index contributed by atoms with van der Waals surface area (Å²) in [4.78, 5) is 50.4. The molecular formula is C20H26N3O5+. The number of ether oxygens (including phenoxy) is 1. The van der Waals surface area contributed by atoms with E-state index in [9.17, 15) is 19.2 Å². The summed E-state index contributed by atoms with van der Waals surface area (Å²) < 4.78 is 4.67. The monoisotopic (exact) mass is 388 g/mol. The molecule has 0 radical (unpaired) electrons. The molecular weight excluding hydrogens is 362 g/mol. The van der Waals surface area contributed by atoms with Crippen LogP contribution in [0.2, 0.25) is 0 Å². The molecule has 8 heteroatoms. The van der Waals surface area contributed by atoms with Gasteiger partial charge in [0, 0.05) is 26.3 Å². The van der Waals surface area contributed by atoms with Crippen LogP contribution in [0.1, 0.15) is 36.5 Å². The number of anilines is 1. The van der Waals surface area contributed by atoms with Gasteiger partial charge in [0.1, 0.15) is 0 Å². The van der Waals surface area contributed by atoms with Crippen molar-refractivity contribution >= 4 is 29.4 Å². The summed E-state index contributed by atoms with van der Waals surface area (Å²) in [5.41, 5.74) is 0.846. The van der Waals surface area contributed by atoms with Crippen LogP contribution in [0.3, 0.4) is 0 Å². The first kappa shape index (κ1) is 20.0. The van der Waals surface area contributed by atoms with Crippen LogP contribution >= 0.6 is 0 Å². The predicted molar refractivity (Wildman–Crippen MR) is 101 cm³/mol. The fourth-order valence-electron chi connectivity index (χ4n) is 3.98. The molecule has 28 heavy (non-hydrogen) atoms. The number of amides is 3. The van der Waals surface area contributed by atoms with Gasteiger partial charge in [-0.3, -0.25) is 14.4 Å². The van der Waals surface area contributed by atoms with Gasteiger partial charge in [-0.1, -0.05) is 0 Å². The Morgan fingerprint density at radius 1 is 1.18 bits per heavy atom. The number of carbonyl (C=O) groups is 4. The van der Waals surface area contributed by atoms with Gasteiger partial charge in [-0.05, 0) is 30.2 Å². The molecule has 3 amide bonds. The van der Waals surface area contributed by atoms with E-state index in [0.717, 1.165) is 30.8 Å². The second-order valence-corrected chi connectivity index (χ2v) is 7.40. The highest BCUT2D eigenvalue weighted by Crippen LogP contribution is 2.23. The zero-order chi connectivity index (χ0) is 20.3. The molecule has 1 aromatic rings. The van der Waals surface area contributed by atoms with Crippen molar-refractivity contribution in [1.29, 1.82) is 0 Å². The van der Waals surface area contributed by atoms with E-state index in [0.29, 0.717) is 23.7 Å². The first-order valence-electron chi connectivity index (χ1n) is 9.55. The molecule has 3 rings (SSSR count). The molecule has 0 aromatic heterocycles. The number of likely N-dealkylation sites (tertiary alicyclic amines) is 1. The van der Waals surface area contributed by atoms with Crippen LogP contribution < -0.4 is 15.1 Å². The van der Waals surface area contributed by atoms with Gasteiger partial charge in [-0.25, -0.2) is 9.69 Å². The van der Waals surface area contributed by atoms with Crippen molar-refractivity contribution < 1.29 is 28.8 Å². The quantitative estimate of drug-likeness (QED) is 0.525. The third kappa shape index (κ3) is 4.22. The molecule has 0 spiro atoms. The summed E-state index contributed by atoms with van der Waals surface area (Å²) in [5.74, 6) is -0.475. The number of nitrogens with zero attached hydrogens (tertiary/aromatic N) is 1. The minimum Gasteiger partial charge on any atom is -0.465 e. The number of hydrogen-bond acceptors (Lipinski definition) is 5. The van der Waals surface area contributed by atoms with Gasteiger partial charge in [0.2, 0.25) is 11.8 Å². The first-order chi connectivity index (χ1) is 13.4. The lowest BCUT2D eigenvalue weighted by Gasteiger charge is -2.32. The van der Waals surface area contributed by atoms with E-state index in [1.165, 1.54) is 18.9 Å². The van der Waals surface area contributed by atoms with E-state index >= 15 is 0 Å². The first-order valence-corrected chi connectivity index (χ1v) is 9.55. The molecule has 0 unspecified atom stereocenters. The Hall–Kier alpha value is -2.74. The molecule has 0 aliphatic carbocycles. The van der Waals surface area contributed by atoms with Crippen LogP contribution in [0, 0.1) is 5.92 Å². The van der Waals surface area contributed by atoms with Crippen molar-refractivity contribution in [2.45, 2.75) is 32.2 Å². The van der Waals surface area contributed by atoms with Crippen molar-refractivity contribution in [3.63, 3.8) is 0 Å². The molecule has 150 valence electrons. The standard InChI is InChI=1S/C20H25N3O5/c1-13(24)21-12-14-7-9-22(10-8-14)17-11-18(25)23(19(17)26)16-5-3-15(4-6-16)20(27)28-2/h3-6,14,17H,7-12H2,1-2H3,(H,21,24)/p+1/t17-/m0/s1. The zero-order valence-corrected chi connectivity index (χ0v) is 16.2. The zero-order valence-electron chi connectivity index (χ0n) is 16.2. The molecule has 2 aliphatic rings. The lowest BCUT2D eigenvalue weighted by molar-refractivity contribution is -0.920. The SMILES string of the molecule is COC(=O)c1ccc(N2C(=O)C[C@H]([NH+]3CCC(CNC(C)=O)CC3)C2=O)cc1. The highest BCUT2D eigenvalue weighted by Gasteiger charge is 2.46. The maximum absolute atomic E-state index is 12.9. The Labute approximate surface area is 163 Å². The normalized spacial score (nSPS) is 24.9. The smallest absolute Gasteiger partial charge is 0.337 e. The van der Waals surface area contributed by atoms with Crippen LogP contribution in [0.5, 0.6) is 0 Å². The molecule has 2 N–H and O–H groups in total. The van der Waals surface area contributed by atoms with Crippen molar-refractivity contribution in [3.8, 4) is 0 Å². The summed E-state index contributed by atoms with van der Waals surface area (Å²) in [7, 11) is 1.30. The van der Waals surface area contributed by atoms with Gasteiger partial charge >= 0.3 is 5.97 Å². The maximum Gasteiger partial charge on any atom is 0.337 e. The number of quaternary nitrogens is 1. The van der Waals surface area contributed by atoms with Crippen molar-refractivity contribution in [3.05, 3.63) is 29.8 Å². The number of esters is 1. The van der Waals surface area contributed by atoms with Crippen LogP contribution in [0.25, 0.3) is 0 Å². The number of methoxy groups -OCH3 is 1. The summed E-state index contributed by atoms with van der Waals surface area (Å²) >= 11 is 0. The second-order valence-electron chi connectivity index (χ2n) is 7.40. The van der Waals surface area contributed by atoms with Crippen LogP contribution in [0.4, 0.5) is 5.69 Å². The molecule has 2 aliphatic heterocycles. The topological polar surface area (TPSA) is 97.2 Å². The Morgan fingerprint density at radius 3 is 2.39 bits per heavy atom. The molecule has 2 heterocycles. The lowest BCUT2D eigenvalue weighted by atomic mass is 9.95. The molecule has 0 bridgehead atoms. The largest absolute Gasteiger partial charge is 0.465 e. The lowest BCUT2D eigenvalue weighted by Crippen LogP contribution is -3.17. The number of piperidine rings is 1. The number of hydrogen-bond donors (Lipinski definition) is 2. The van der Waals surface area contributed by atoms with Gasteiger partial charge in [0.05, 0.1) is 37.9 Å². The predicted octanol–water partition coefficient (Wildman–Crippen LogP) is -0.464. The van der Waals surface area contributed by atoms with Crippen LogP contribution in [-0.2, 0) is 19.1 Å². The van der Waals surface area contributed by atoms with Gasteiger partial charge in [0.25, 0.3) is 5.91 Å². The van der Waals surface area contributed by atoms with E-state index in [2.05, 4.69) is 10.1 Å². The fourth-order valence-corrected chi connectivity index (χ4v) is 3.98. The van der Waals surface area contributed by atoms with E-state index in [1.54, 1.807) is 24.3 Å². The van der Waals surface area contributed by atoms with Crippen molar-refractivity contribution in [2.75, 3.05) is 31.6 Å². The van der Waals surface area contributed by atoms with E-state index < -0.39 is 5.97 Å². The van der Waals surface area contributed by atoms with Crippen LogP contribution in [-0.4, -0.2) is 56.5 Å². The Morgan fingerprint density at radius 2 is 1.82 bits per heavy atom. The Kier molecular flexibility index (Phi) is 6.08. The average Bonchev–Trinajstić information content (AvgIpc) is 3.00. The number of nitrogens with one attached hydrogen (secondary N) is 2. The average molecular weight is 388 g/mol. The van der Waals surface area contributed by atoms with E-state index in [4.69, 9.17) is 0 Å². The number of benzene rings is 1. The maximum atomic E-state index is 12.9. The fraction of sp³-hybridized carbons (Fsp3) is 0.500. The Balaban J connectivity index is 1.62. The minimum absolute atomic E-state index is 0.0276. The molecule has 1 atom stereocenters. The van der Waals surface area contributed by atoms with Crippen LogP contribution in [0.15, 0.2) is 24.3 Å². The molecule has 8 nitrogen and oxygen atoms in total. The second kappa shape index (κ2) is 8.52. The van der Waals surface area contributed by atoms with Gasteiger partial charge in [-0.2, -0.15) is 0 Å². The van der Waals surface area contributed by atoms with E-state index in [1.807, 2.05) is 0 Å². The molecule has 1 aromatic carbocycles. The Bertz CT molecular complexity index is 769. The third-order valence-corrected chi connectivity index (χ3v) is 5.57. The molecule has 2 saturated heterocycles. The highest BCUT2D eigenvalue weighted by atomic mass is 16.5. The number of carbonyl (C=O) groups excluding carboxylic acids is 4. The van der Waals surface area contributed by atoms with Crippen molar-refractivity contribution in [1.82, 2.24) is 5.32 Å². The van der Waals surface area contributed by atoms with Crippen molar-refractivity contribution in [2.24, 2.45) is 5.92 Å². The summed E-state index contributed by atoms with van der Waals surface area (Å²) in [6.07, 6.45) is 2.03. The third-order valence-electron chi connectivity index (χ3n) is 5.57.